The summed E-state index contributed by atoms with van der Waals surface area (Å²) >= 11 is 0. The first-order valence-electron chi connectivity index (χ1n) is 5.83. The highest BCUT2D eigenvalue weighted by atomic mass is 19.1. The largest absolute Gasteiger partial charge is 0.332 e. The lowest BCUT2D eigenvalue weighted by molar-refractivity contribution is -0.0398. The van der Waals surface area contributed by atoms with Crippen molar-refractivity contribution in [2.75, 3.05) is 0 Å². The Morgan fingerprint density at radius 3 is 1.72 bits per heavy atom. The van der Waals surface area contributed by atoms with E-state index in [0.717, 1.165) is 17.2 Å². The molecule has 92 valence electrons. The minimum Gasteiger partial charge on any atom is -0.332 e. The van der Waals surface area contributed by atoms with Crippen molar-refractivity contribution in [3.05, 3.63) is 84.4 Å². The van der Waals surface area contributed by atoms with Gasteiger partial charge in [0.25, 0.3) is 0 Å². The van der Waals surface area contributed by atoms with Crippen LogP contribution in [0.1, 0.15) is 17.2 Å². The molecule has 2 rings (SSSR count). The molecule has 1 nitrogen and oxygen atoms in total. The zero-order chi connectivity index (χ0) is 12.8. The van der Waals surface area contributed by atoms with Gasteiger partial charge in [-0.05, 0) is 17.2 Å². The van der Waals surface area contributed by atoms with Crippen molar-refractivity contribution < 1.29 is 9.13 Å². The molecular weight excluding hydrogens is 227 g/mol. The van der Waals surface area contributed by atoms with Gasteiger partial charge in [-0.25, -0.2) is 4.39 Å². The third kappa shape index (κ3) is 3.05. The molecule has 0 aromatic heterocycles. The third-order valence-corrected chi connectivity index (χ3v) is 2.66. The van der Waals surface area contributed by atoms with Crippen molar-refractivity contribution in [1.29, 1.82) is 0 Å². The van der Waals surface area contributed by atoms with E-state index in [-0.39, 0.29) is 0 Å². The van der Waals surface area contributed by atoms with Crippen LogP contribution in [0.4, 0.5) is 4.39 Å². The van der Waals surface area contributed by atoms with Gasteiger partial charge in [-0.3, -0.25) is 0 Å². The molecule has 0 radical (unpaired) electrons. The summed E-state index contributed by atoms with van der Waals surface area (Å²) in [5, 5.41) is 0. The predicted octanol–water partition coefficient (Wildman–Crippen LogP) is 4.27. The number of rotatable bonds is 5. The number of halogens is 1. The molecule has 1 unspecified atom stereocenters. The second-order valence-electron chi connectivity index (χ2n) is 3.92. The van der Waals surface area contributed by atoms with Gasteiger partial charge in [0, 0.05) is 0 Å². The second kappa shape index (κ2) is 6.12. The van der Waals surface area contributed by atoms with Crippen molar-refractivity contribution in [2.45, 2.75) is 12.5 Å². The molecule has 0 bridgehead atoms. The number of hydrogen-bond donors (Lipinski definition) is 0. The molecule has 0 fully saturated rings. The number of benzene rings is 2. The third-order valence-electron chi connectivity index (χ3n) is 2.66. The van der Waals surface area contributed by atoms with E-state index in [1.54, 1.807) is 0 Å². The molecule has 0 spiro atoms. The molecule has 0 saturated heterocycles. The fourth-order valence-corrected chi connectivity index (χ4v) is 1.79. The van der Waals surface area contributed by atoms with Gasteiger partial charge in [-0.2, -0.15) is 0 Å². The van der Waals surface area contributed by atoms with Gasteiger partial charge in [0.1, 0.15) is 6.10 Å². The van der Waals surface area contributed by atoms with Crippen LogP contribution in [0.2, 0.25) is 0 Å². The van der Waals surface area contributed by atoms with E-state index >= 15 is 0 Å². The van der Waals surface area contributed by atoms with Crippen LogP contribution >= 0.6 is 0 Å². The zero-order valence-corrected chi connectivity index (χ0v) is 10.00. The molecule has 0 aliphatic heterocycles. The van der Waals surface area contributed by atoms with Gasteiger partial charge in [-0.1, -0.05) is 67.2 Å². The molecule has 0 heterocycles. The van der Waals surface area contributed by atoms with Gasteiger partial charge in [0.15, 0.2) is 0 Å². The molecule has 18 heavy (non-hydrogen) atoms. The van der Waals surface area contributed by atoms with E-state index in [1.165, 1.54) is 0 Å². The fourth-order valence-electron chi connectivity index (χ4n) is 1.79. The summed E-state index contributed by atoms with van der Waals surface area (Å²) < 4.78 is 18.8. The minimum absolute atomic E-state index is 0.416. The highest BCUT2D eigenvalue weighted by Gasteiger charge is 2.17. The Morgan fingerprint density at radius 2 is 1.33 bits per heavy atom. The van der Waals surface area contributed by atoms with Crippen LogP contribution in [0.3, 0.4) is 0 Å². The number of alkyl halides is 1. The summed E-state index contributed by atoms with van der Waals surface area (Å²) in [5.41, 5.74) is 1.85. The van der Waals surface area contributed by atoms with Crippen LogP contribution in [0.5, 0.6) is 0 Å². The van der Waals surface area contributed by atoms with E-state index in [4.69, 9.17) is 4.74 Å². The highest BCUT2D eigenvalue weighted by molar-refractivity contribution is 5.29. The Labute approximate surface area is 107 Å². The second-order valence-corrected chi connectivity index (χ2v) is 3.92. The number of ether oxygens (including phenoxy) is 1. The first-order chi connectivity index (χ1) is 8.81. The molecule has 0 saturated carbocycles. The van der Waals surface area contributed by atoms with E-state index in [2.05, 4.69) is 6.58 Å². The van der Waals surface area contributed by atoms with Crippen LogP contribution in [-0.2, 0) is 4.74 Å². The van der Waals surface area contributed by atoms with Crippen LogP contribution in [0.25, 0.3) is 0 Å². The fraction of sp³-hybridized carbons (Fsp3) is 0.125. The van der Waals surface area contributed by atoms with Gasteiger partial charge in [0.2, 0.25) is 6.36 Å². The maximum Gasteiger partial charge on any atom is 0.218 e. The molecule has 0 aliphatic carbocycles. The molecule has 2 heteroatoms. The summed E-state index contributed by atoms with van der Waals surface area (Å²) in [5.74, 6) is 0. The summed E-state index contributed by atoms with van der Waals surface area (Å²) in [6.07, 6.45) is -0.741. The Hall–Kier alpha value is -1.93. The zero-order valence-electron chi connectivity index (χ0n) is 10.00. The van der Waals surface area contributed by atoms with Crippen LogP contribution in [-0.4, -0.2) is 6.36 Å². The smallest absolute Gasteiger partial charge is 0.218 e. The van der Waals surface area contributed by atoms with Gasteiger partial charge in [0.05, 0.1) is 0 Å². The lowest BCUT2D eigenvalue weighted by atomic mass is 10.0. The molecule has 0 aliphatic rings. The van der Waals surface area contributed by atoms with Crippen molar-refractivity contribution in [2.24, 2.45) is 0 Å². The quantitative estimate of drug-likeness (QED) is 0.711. The molecule has 0 N–H and O–H groups in total. The van der Waals surface area contributed by atoms with E-state index < -0.39 is 12.5 Å². The van der Waals surface area contributed by atoms with Crippen molar-refractivity contribution in [3.8, 4) is 0 Å². The average molecular weight is 242 g/mol. The van der Waals surface area contributed by atoms with Crippen LogP contribution in [0.15, 0.2) is 73.3 Å². The molecule has 2 aromatic rings. The highest BCUT2D eigenvalue weighted by Crippen LogP contribution is 2.27. The molecule has 2 aromatic carbocycles. The number of hydrogen-bond acceptors (Lipinski definition) is 1. The normalized spacial score (nSPS) is 12.3. The Kier molecular flexibility index (Phi) is 4.26. The first kappa shape index (κ1) is 12.5. The Bertz CT molecular complexity index is 441. The summed E-state index contributed by atoms with van der Waals surface area (Å²) in [7, 11) is 0. The maximum atomic E-state index is 13.4. The SMILES string of the molecule is C=CC(F)OC(c1ccccc1)c1ccccc1. The monoisotopic (exact) mass is 242 g/mol. The van der Waals surface area contributed by atoms with Gasteiger partial charge >= 0.3 is 0 Å². The topological polar surface area (TPSA) is 9.23 Å². The van der Waals surface area contributed by atoms with Gasteiger partial charge in [-0.15, -0.1) is 0 Å². The van der Waals surface area contributed by atoms with Gasteiger partial charge < -0.3 is 4.74 Å². The lowest BCUT2D eigenvalue weighted by Crippen LogP contribution is -2.11. The lowest BCUT2D eigenvalue weighted by Gasteiger charge is -2.19. The first-order valence-corrected chi connectivity index (χ1v) is 5.83. The van der Waals surface area contributed by atoms with E-state index in [0.29, 0.717) is 0 Å². The Balaban J connectivity index is 2.32. The summed E-state index contributed by atoms with van der Waals surface area (Å²) in [6.45, 7) is 3.40. The van der Waals surface area contributed by atoms with Crippen molar-refractivity contribution >= 4 is 0 Å². The van der Waals surface area contributed by atoms with E-state index in [1.807, 2.05) is 60.7 Å². The Morgan fingerprint density at radius 1 is 0.889 bits per heavy atom. The predicted molar refractivity (Wildman–Crippen MR) is 70.9 cm³/mol. The summed E-state index contributed by atoms with van der Waals surface area (Å²) in [4.78, 5) is 0. The molecule has 1 atom stereocenters. The summed E-state index contributed by atoms with van der Waals surface area (Å²) in [6, 6.07) is 19.2. The van der Waals surface area contributed by atoms with Crippen molar-refractivity contribution in [1.82, 2.24) is 0 Å². The van der Waals surface area contributed by atoms with Crippen LogP contribution < -0.4 is 0 Å². The molecular formula is C16H15FO. The average Bonchev–Trinajstić information content (AvgIpc) is 2.46. The standard InChI is InChI=1S/C16H15FO/c1-2-15(17)18-16(13-9-5-3-6-10-13)14-11-7-4-8-12-14/h2-12,15-16H,1H2. The van der Waals surface area contributed by atoms with Crippen molar-refractivity contribution in [3.63, 3.8) is 0 Å². The van der Waals surface area contributed by atoms with Crippen LogP contribution in [0, 0.1) is 0 Å². The molecule has 0 amide bonds. The minimum atomic E-state index is -1.48. The maximum absolute atomic E-state index is 13.4. The van der Waals surface area contributed by atoms with E-state index in [9.17, 15) is 4.39 Å².